The van der Waals surface area contributed by atoms with Crippen molar-refractivity contribution >= 4 is 12.1 Å². The fourth-order valence-electron chi connectivity index (χ4n) is 3.76. The number of halogens is 2. The predicted molar refractivity (Wildman–Crippen MR) is 81.7 cm³/mol. The highest BCUT2D eigenvalue weighted by atomic mass is 19.1. The lowest BCUT2D eigenvalue weighted by Gasteiger charge is -2.33. The van der Waals surface area contributed by atoms with Crippen LogP contribution in [0.15, 0.2) is 23.3 Å². The van der Waals surface area contributed by atoms with Crippen molar-refractivity contribution in [3.8, 4) is 0 Å². The number of hydrogen-bond donors (Lipinski definition) is 1. The first-order valence-corrected chi connectivity index (χ1v) is 8.13. The van der Waals surface area contributed by atoms with Gasteiger partial charge in [0.25, 0.3) is 0 Å². The summed E-state index contributed by atoms with van der Waals surface area (Å²) in [4.78, 5) is 12.9. The first-order chi connectivity index (χ1) is 11.1. The van der Waals surface area contributed by atoms with Crippen LogP contribution in [0.4, 0.5) is 8.78 Å². The van der Waals surface area contributed by atoms with Crippen molar-refractivity contribution in [1.29, 1.82) is 0 Å². The van der Waals surface area contributed by atoms with Gasteiger partial charge in [0, 0.05) is 30.2 Å². The monoisotopic (exact) mass is 319 g/mol. The molecule has 1 aliphatic carbocycles. The van der Waals surface area contributed by atoms with Crippen LogP contribution in [0, 0.1) is 17.6 Å². The highest BCUT2D eigenvalue weighted by Crippen LogP contribution is 2.45. The van der Waals surface area contributed by atoms with Gasteiger partial charge in [0.1, 0.15) is 11.6 Å². The molecule has 3 aliphatic rings. The van der Waals surface area contributed by atoms with E-state index in [0.29, 0.717) is 12.0 Å². The third-order valence-electron chi connectivity index (χ3n) is 5.16. The number of nitrogens with zero attached hydrogens (tertiary/aromatic N) is 2. The minimum atomic E-state index is -0.627. The van der Waals surface area contributed by atoms with Crippen molar-refractivity contribution in [2.24, 2.45) is 11.0 Å². The van der Waals surface area contributed by atoms with Gasteiger partial charge < -0.3 is 5.32 Å². The van der Waals surface area contributed by atoms with Gasteiger partial charge in [-0.05, 0) is 49.9 Å². The third-order valence-corrected chi connectivity index (χ3v) is 5.16. The Hall–Kier alpha value is -1.82. The van der Waals surface area contributed by atoms with Gasteiger partial charge in [0.05, 0.1) is 6.04 Å². The van der Waals surface area contributed by atoms with Crippen LogP contribution in [0.1, 0.15) is 43.7 Å². The van der Waals surface area contributed by atoms with Crippen LogP contribution in [-0.4, -0.2) is 29.2 Å². The van der Waals surface area contributed by atoms with E-state index >= 15 is 0 Å². The van der Waals surface area contributed by atoms with Crippen molar-refractivity contribution < 1.29 is 13.6 Å². The molecule has 2 unspecified atom stereocenters. The second-order valence-corrected chi connectivity index (χ2v) is 6.83. The maximum absolute atomic E-state index is 13.5. The molecule has 1 N–H and O–H groups in total. The van der Waals surface area contributed by atoms with E-state index in [1.54, 1.807) is 6.21 Å². The zero-order valence-corrected chi connectivity index (χ0v) is 12.8. The van der Waals surface area contributed by atoms with Crippen molar-refractivity contribution in [2.75, 3.05) is 6.54 Å². The van der Waals surface area contributed by atoms with Gasteiger partial charge in [0.15, 0.2) is 0 Å². The molecule has 4 nitrogen and oxygen atoms in total. The summed E-state index contributed by atoms with van der Waals surface area (Å²) in [6.07, 6.45) is 6.01. The van der Waals surface area contributed by atoms with Crippen LogP contribution in [0.3, 0.4) is 0 Å². The highest BCUT2D eigenvalue weighted by molar-refractivity contribution is 5.82. The van der Waals surface area contributed by atoms with Gasteiger partial charge in [-0.3, -0.25) is 4.79 Å². The molecule has 2 atom stereocenters. The standard InChI is InChI=1S/C17H19F2N3O/c18-13-7-12(8-14(19)9-13)15-2-6-21-22(15)16(23)11-1-5-20-17(10-11)3-4-17/h6-9,11,15,20H,1-5,10H2. The molecule has 1 spiro atoms. The molecule has 2 heterocycles. The van der Waals surface area contributed by atoms with Gasteiger partial charge in [-0.25, -0.2) is 13.8 Å². The fourth-order valence-corrected chi connectivity index (χ4v) is 3.76. The summed E-state index contributed by atoms with van der Waals surface area (Å²) in [5, 5.41) is 9.11. The summed E-state index contributed by atoms with van der Waals surface area (Å²) in [5.41, 5.74) is 0.617. The number of carbonyl (C=O) groups excluding carboxylic acids is 1. The Balaban J connectivity index is 1.54. The van der Waals surface area contributed by atoms with Crippen LogP contribution in [0.2, 0.25) is 0 Å². The van der Waals surface area contributed by atoms with Crippen LogP contribution >= 0.6 is 0 Å². The first kappa shape index (κ1) is 14.8. The summed E-state index contributed by atoms with van der Waals surface area (Å²) in [6, 6.07) is 3.01. The first-order valence-electron chi connectivity index (χ1n) is 8.13. The number of rotatable bonds is 2. The number of benzene rings is 1. The number of hydrogen-bond acceptors (Lipinski definition) is 3. The molecule has 0 aromatic heterocycles. The molecule has 2 aliphatic heterocycles. The van der Waals surface area contributed by atoms with Crippen molar-refractivity contribution in [2.45, 2.75) is 43.7 Å². The topological polar surface area (TPSA) is 44.7 Å². The van der Waals surface area contributed by atoms with E-state index in [9.17, 15) is 13.6 Å². The van der Waals surface area contributed by atoms with Gasteiger partial charge >= 0.3 is 0 Å². The maximum Gasteiger partial charge on any atom is 0.246 e. The third kappa shape index (κ3) is 2.76. The van der Waals surface area contributed by atoms with E-state index < -0.39 is 17.7 Å². The Morgan fingerprint density at radius 1 is 1.26 bits per heavy atom. The molecule has 0 radical (unpaired) electrons. The lowest BCUT2D eigenvalue weighted by molar-refractivity contribution is -0.138. The minimum absolute atomic E-state index is 0.0267. The van der Waals surface area contributed by atoms with E-state index in [-0.39, 0.29) is 17.4 Å². The molecule has 0 bridgehead atoms. The average molecular weight is 319 g/mol. The second-order valence-electron chi connectivity index (χ2n) is 6.83. The number of amides is 1. The summed E-state index contributed by atoms with van der Waals surface area (Å²) in [6.45, 7) is 0.840. The lowest BCUT2D eigenvalue weighted by atomic mass is 9.89. The van der Waals surface area contributed by atoms with E-state index in [4.69, 9.17) is 0 Å². The molecule has 1 saturated heterocycles. The summed E-state index contributed by atoms with van der Waals surface area (Å²) >= 11 is 0. The van der Waals surface area contributed by atoms with Crippen molar-refractivity contribution in [3.05, 3.63) is 35.4 Å². The highest BCUT2D eigenvalue weighted by Gasteiger charge is 2.48. The predicted octanol–water partition coefficient (Wildman–Crippen LogP) is 2.76. The van der Waals surface area contributed by atoms with Gasteiger partial charge in [-0.1, -0.05) is 0 Å². The van der Waals surface area contributed by atoms with Gasteiger partial charge in [-0.15, -0.1) is 0 Å². The summed E-state index contributed by atoms with van der Waals surface area (Å²) in [7, 11) is 0. The van der Waals surface area contributed by atoms with Crippen LogP contribution in [0.5, 0.6) is 0 Å². The molecular formula is C17H19F2N3O. The quantitative estimate of drug-likeness (QED) is 0.911. The molecule has 1 amide bonds. The smallest absolute Gasteiger partial charge is 0.246 e. The normalized spacial score (nSPS) is 28.3. The second kappa shape index (κ2) is 5.37. The van der Waals surface area contributed by atoms with Crippen molar-refractivity contribution in [1.82, 2.24) is 10.3 Å². The van der Waals surface area contributed by atoms with E-state index in [1.165, 1.54) is 17.1 Å². The average Bonchev–Trinajstić information content (AvgIpc) is 3.08. The van der Waals surface area contributed by atoms with E-state index in [2.05, 4.69) is 10.4 Å². The number of piperidine rings is 1. The Kier molecular flexibility index (Phi) is 3.44. The fraction of sp³-hybridized carbons (Fsp3) is 0.529. The van der Waals surface area contributed by atoms with Gasteiger partial charge in [0.2, 0.25) is 5.91 Å². The minimum Gasteiger partial charge on any atom is -0.311 e. The number of carbonyl (C=O) groups is 1. The molecule has 2 fully saturated rings. The molecule has 1 saturated carbocycles. The van der Waals surface area contributed by atoms with Crippen LogP contribution in [0.25, 0.3) is 0 Å². The van der Waals surface area contributed by atoms with Gasteiger partial charge in [-0.2, -0.15) is 5.10 Å². The van der Waals surface area contributed by atoms with Crippen LogP contribution < -0.4 is 5.32 Å². The van der Waals surface area contributed by atoms with E-state index in [1.807, 2.05) is 0 Å². The number of nitrogens with one attached hydrogen (secondary N) is 1. The lowest BCUT2D eigenvalue weighted by Crippen LogP contribution is -2.45. The molecule has 6 heteroatoms. The SMILES string of the molecule is O=C(C1CCNC2(CC2)C1)N1N=CCC1c1cc(F)cc(F)c1. The molecule has 1 aromatic carbocycles. The molecule has 122 valence electrons. The maximum atomic E-state index is 13.5. The largest absolute Gasteiger partial charge is 0.311 e. The Morgan fingerprint density at radius 3 is 2.70 bits per heavy atom. The molecule has 23 heavy (non-hydrogen) atoms. The Labute approximate surface area is 133 Å². The Morgan fingerprint density at radius 2 is 2.00 bits per heavy atom. The summed E-state index contributed by atoms with van der Waals surface area (Å²) in [5.74, 6) is -1.34. The zero-order valence-electron chi connectivity index (χ0n) is 12.8. The summed E-state index contributed by atoms with van der Waals surface area (Å²) < 4.78 is 27.0. The molecule has 4 rings (SSSR count). The number of hydrazone groups is 1. The molecule has 1 aromatic rings. The Bertz CT molecular complexity index is 652. The van der Waals surface area contributed by atoms with E-state index in [0.717, 1.165) is 38.3 Å². The molecular weight excluding hydrogens is 300 g/mol. The van der Waals surface area contributed by atoms with Crippen molar-refractivity contribution in [3.63, 3.8) is 0 Å². The zero-order chi connectivity index (χ0) is 16.0. The van der Waals surface area contributed by atoms with Crippen LogP contribution in [-0.2, 0) is 4.79 Å².